The summed E-state index contributed by atoms with van der Waals surface area (Å²) in [6, 6.07) is 1.63. The number of aromatic amines is 1. The number of imidazole rings is 1. The fourth-order valence-corrected chi connectivity index (χ4v) is 2.39. The van der Waals surface area contributed by atoms with Crippen LogP contribution in [-0.2, 0) is 16.1 Å². The molecule has 0 bridgehead atoms. The maximum atomic E-state index is 12.4. The highest BCUT2D eigenvalue weighted by atomic mass is 16.5. The van der Waals surface area contributed by atoms with Crippen LogP contribution in [0.1, 0.15) is 17.6 Å². The normalized spacial score (nSPS) is 18.4. The molecular formula is C14H17N5O3. The highest BCUT2D eigenvalue weighted by molar-refractivity contribution is 5.76. The Balaban J connectivity index is 1.68. The van der Waals surface area contributed by atoms with Gasteiger partial charge in [0.2, 0.25) is 5.91 Å². The van der Waals surface area contributed by atoms with E-state index >= 15 is 0 Å². The second-order valence-electron chi connectivity index (χ2n) is 5.18. The topological polar surface area (TPSA) is 93.1 Å². The van der Waals surface area contributed by atoms with Gasteiger partial charge in [0.15, 0.2) is 0 Å². The molecule has 8 heteroatoms. The smallest absolute Gasteiger partial charge is 0.347 e. The van der Waals surface area contributed by atoms with Crippen molar-refractivity contribution in [3.8, 4) is 0 Å². The molecule has 0 spiro atoms. The van der Waals surface area contributed by atoms with Crippen LogP contribution < -0.4 is 5.69 Å². The Hall–Kier alpha value is -2.48. The minimum atomic E-state index is -0.428. The van der Waals surface area contributed by atoms with Gasteiger partial charge in [0.25, 0.3) is 0 Å². The van der Waals surface area contributed by atoms with Crippen LogP contribution in [0.5, 0.6) is 0 Å². The van der Waals surface area contributed by atoms with E-state index in [-0.39, 0.29) is 18.6 Å². The third kappa shape index (κ3) is 3.06. The van der Waals surface area contributed by atoms with E-state index in [0.717, 1.165) is 5.69 Å². The number of nitrogens with one attached hydrogen (secondary N) is 1. The first-order valence-corrected chi connectivity index (χ1v) is 7.06. The van der Waals surface area contributed by atoms with Gasteiger partial charge in [-0.1, -0.05) is 0 Å². The molecular weight excluding hydrogens is 286 g/mol. The summed E-state index contributed by atoms with van der Waals surface area (Å²) in [5, 5.41) is 0. The molecule has 1 N–H and O–H groups in total. The van der Waals surface area contributed by atoms with Crippen molar-refractivity contribution in [2.45, 2.75) is 19.6 Å². The molecule has 0 radical (unpaired) electrons. The van der Waals surface area contributed by atoms with Crippen LogP contribution in [0, 0.1) is 6.92 Å². The number of hydrogen-bond acceptors (Lipinski definition) is 5. The number of rotatable bonds is 3. The first-order valence-electron chi connectivity index (χ1n) is 7.06. The van der Waals surface area contributed by atoms with E-state index in [1.807, 2.05) is 6.92 Å². The van der Waals surface area contributed by atoms with E-state index < -0.39 is 5.69 Å². The molecule has 1 aliphatic rings. The number of ether oxygens (including phenoxy) is 1. The fourth-order valence-electron chi connectivity index (χ4n) is 2.39. The molecule has 3 rings (SSSR count). The standard InChI is InChI=1S/C14H17N5O3/c1-10-7-16-13(17-10)11-8-18(5-6-22-11)12(20)9-19-4-2-3-15-14(19)21/h2-4,7,11H,5-6,8-9H2,1H3,(H,16,17)/t11-/m0/s1. The molecule has 2 aromatic rings. The number of nitrogens with zero attached hydrogens (tertiary/aromatic N) is 4. The van der Waals surface area contributed by atoms with Crippen molar-refractivity contribution < 1.29 is 9.53 Å². The van der Waals surface area contributed by atoms with Crippen LogP contribution in [0.4, 0.5) is 0 Å². The lowest BCUT2D eigenvalue weighted by Gasteiger charge is -2.32. The predicted molar refractivity (Wildman–Crippen MR) is 77.1 cm³/mol. The van der Waals surface area contributed by atoms with Crippen molar-refractivity contribution in [1.29, 1.82) is 0 Å². The van der Waals surface area contributed by atoms with Crippen molar-refractivity contribution in [2.24, 2.45) is 0 Å². The van der Waals surface area contributed by atoms with Crippen molar-refractivity contribution in [3.05, 3.63) is 46.7 Å². The molecule has 0 aromatic carbocycles. The Morgan fingerprint density at radius 2 is 2.36 bits per heavy atom. The summed E-state index contributed by atoms with van der Waals surface area (Å²) in [5.41, 5.74) is 0.520. The quantitative estimate of drug-likeness (QED) is 0.853. The van der Waals surface area contributed by atoms with Crippen molar-refractivity contribution in [3.63, 3.8) is 0 Å². The summed E-state index contributed by atoms with van der Waals surface area (Å²) in [6.45, 7) is 3.26. The molecule has 3 heterocycles. The zero-order chi connectivity index (χ0) is 15.5. The molecule has 116 valence electrons. The minimum absolute atomic E-state index is 0.0173. The second-order valence-corrected chi connectivity index (χ2v) is 5.18. The Kier molecular flexibility index (Phi) is 4.01. The van der Waals surface area contributed by atoms with Gasteiger partial charge in [-0.3, -0.25) is 9.36 Å². The number of aryl methyl sites for hydroxylation is 1. The number of carbonyl (C=O) groups excluding carboxylic acids is 1. The van der Waals surface area contributed by atoms with E-state index in [0.29, 0.717) is 25.5 Å². The molecule has 8 nitrogen and oxygen atoms in total. The summed E-state index contributed by atoms with van der Waals surface area (Å²) in [4.78, 5) is 36.6. The van der Waals surface area contributed by atoms with Crippen LogP contribution >= 0.6 is 0 Å². The Labute approximate surface area is 126 Å². The number of morpholine rings is 1. The lowest BCUT2D eigenvalue weighted by molar-refractivity contribution is -0.140. The highest BCUT2D eigenvalue weighted by Crippen LogP contribution is 2.19. The van der Waals surface area contributed by atoms with Gasteiger partial charge in [-0.05, 0) is 13.0 Å². The van der Waals surface area contributed by atoms with Crippen molar-refractivity contribution >= 4 is 5.91 Å². The molecule has 1 fully saturated rings. The Morgan fingerprint density at radius 1 is 1.50 bits per heavy atom. The van der Waals surface area contributed by atoms with E-state index in [1.165, 1.54) is 10.8 Å². The maximum Gasteiger partial charge on any atom is 0.347 e. The van der Waals surface area contributed by atoms with Gasteiger partial charge < -0.3 is 14.6 Å². The molecule has 22 heavy (non-hydrogen) atoms. The summed E-state index contributed by atoms with van der Waals surface area (Å²) < 4.78 is 6.96. The van der Waals surface area contributed by atoms with Gasteiger partial charge in [0.05, 0.1) is 13.2 Å². The van der Waals surface area contributed by atoms with Crippen molar-refractivity contribution in [2.75, 3.05) is 19.7 Å². The van der Waals surface area contributed by atoms with E-state index in [1.54, 1.807) is 23.4 Å². The average Bonchev–Trinajstić information content (AvgIpc) is 2.96. The molecule has 0 aliphatic carbocycles. The molecule has 1 saturated heterocycles. The van der Waals surface area contributed by atoms with Crippen LogP contribution in [0.15, 0.2) is 29.5 Å². The van der Waals surface area contributed by atoms with Crippen LogP contribution in [0.2, 0.25) is 0 Å². The lowest BCUT2D eigenvalue weighted by Crippen LogP contribution is -2.44. The van der Waals surface area contributed by atoms with Crippen LogP contribution in [0.25, 0.3) is 0 Å². The monoisotopic (exact) mass is 303 g/mol. The minimum Gasteiger partial charge on any atom is -0.367 e. The van der Waals surface area contributed by atoms with E-state index in [9.17, 15) is 9.59 Å². The van der Waals surface area contributed by atoms with E-state index in [4.69, 9.17) is 4.74 Å². The van der Waals surface area contributed by atoms with Gasteiger partial charge in [-0.15, -0.1) is 0 Å². The summed E-state index contributed by atoms with van der Waals surface area (Å²) in [5.74, 6) is 0.584. The van der Waals surface area contributed by atoms with E-state index in [2.05, 4.69) is 15.0 Å². The third-order valence-electron chi connectivity index (χ3n) is 3.54. The lowest BCUT2D eigenvalue weighted by atomic mass is 10.2. The summed E-state index contributed by atoms with van der Waals surface area (Å²) in [7, 11) is 0. The van der Waals surface area contributed by atoms with Crippen molar-refractivity contribution in [1.82, 2.24) is 24.4 Å². The van der Waals surface area contributed by atoms with Crippen LogP contribution in [0.3, 0.4) is 0 Å². The molecule has 0 unspecified atom stereocenters. The van der Waals surface area contributed by atoms with Gasteiger partial charge in [0.1, 0.15) is 18.5 Å². The number of aromatic nitrogens is 4. The van der Waals surface area contributed by atoms with Gasteiger partial charge in [-0.2, -0.15) is 0 Å². The van der Waals surface area contributed by atoms with Crippen LogP contribution in [-0.4, -0.2) is 50.0 Å². The van der Waals surface area contributed by atoms with Gasteiger partial charge >= 0.3 is 5.69 Å². The molecule has 0 saturated carbocycles. The zero-order valence-electron chi connectivity index (χ0n) is 12.2. The SMILES string of the molecule is Cc1cnc([C@@H]2CN(C(=O)Cn3cccnc3=O)CCO2)[nH]1. The largest absolute Gasteiger partial charge is 0.367 e. The number of hydrogen-bond donors (Lipinski definition) is 1. The predicted octanol–water partition coefficient (Wildman–Crippen LogP) is -0.125. The fraction of sp³-hybridized carbons (Fsp3) is 0.429. The average molecular weight is 303 g/mol. The first-order chi connectivity index (χ1) is 10.6. The Morgan fingerprint density at radius 3 is 3.09 bits per heavy atom. The highest BCUT2D eigenvalue weighted by Gasteiger charge is 2.27. The molecule has 1 atom stereocenters. The number of carbonyl (C=O) groups is 1. The first kappa shape index (κ1) is 14.5. The molecule has 1 amide bonds. The second kappa shape index (κ2) is 6.10. The Bertz CT molecular complexity index is 723. The maximum absolute atomic E-state index is 12.4. The summed E-state index contributed by atoms with van der Waals surface area (Å²) >= 11 is 0. The third-order valence-corrected chi connectivity index (χ3v) is 3.54. The number of amides is 1. The van der Waals surface area contributed by atoms with Gasteiger partial charge in [-0.25, -0.2) is 14.8 Å². The zero-order valence-corrected chi connectivity index (χ0v) is 12.2. The number of H-pyrrole nitrogens is 1. The molecule has 2 aromatic heterocycles. The van der Waals surface area contributed by atoms with Gasteiger partial charge in [0, 0.05) is 30.8 Å². The molecule has 1 aliphatic heterocycles. The summed E-state index contributed by atoms with van der Waals surface area (Å²) in [6.07, 6.45) is 4.43.